The molecule has 0 spiro atoms. The molecule has 3 rings (SSSR count). The van der Waals surface area contributed by atoms with E-state index < -0.39 is 5.82 Å². The second-order valence-electron chi connectivity index (χ2n) is 4.60. The highest BCUT2D eigenvalue weighted by Gasteiger charge is 2.17. The van der Waals surface area contributed by atoms with Gasteiger partial charge in [0.15, 0.2) is 0 Å². The Morgan fingerprint density at radius 1 is 1.24 bits per heavy atom. The zero-order chi connectivity index (χ0) is 14.8. The maximum Gasteiger partial charge on any atom is 0.255 e. The number of ether oxygens (including phenoxy) is 1. The third-order valence-corrected chi connectivity index (χ3v) is 3.29. The van der Waals surface area contributed by atoms with Crippen molar-refractivity contribution in [3.8, 4) is 5.75 Å². The van der Waals surface area contributed by atoms with Crippen LogP contribution >= 0.6 is 11.6 Å². The standard InChI is InChI=1S/C16H11ClFNO2/c17-12-4-5-15-10(7-12)6-11(9-21-15)16(20)19-14-3-1-2-13(18)8-14/h1-8H,9H2,(H,19,20). The molecule has 3 nitrogen and oxygen atoms in total. The van der Waals surface area contributed by atoms with Crippen molar-refractivity contribution >= 4 is 29.3 Å². The monoisotopic (exact) mass is 303 g/mol. The fraction of sp³-hybridized carbons (Fsp3) is 0.0625. The van der Waals surface area contributed by atoms with Crippen molar-refractivity contribution in [3.63, 3.8) is 0 Å². The Bertz CT molecular complexity index is 743. The van der Waals surface area contributed by atoms with E-state index in [1.165, 1.54) is 18.2 Å². The van der Waals surface area contributed by atoms with Crippen LogP contribution in [-0.2, 0) is 4.79 Å². The molecule has 1 aliphatic heterocycles. The van der Waals surface area contributed by atoms with Crippen molar-refractivity contribution < 1.29 is 13.9 Å². The molecule has 0 saturated heterocycles. The lowest BCUT2D eigenvalue weighted by atomic mass is 10.1. The number of hydrogen-bond donors (Lipinski definition) is 1. The predicted molar refractivity (Wildman–Crippen MR) is 80.0 cm³/mol. The van der Waals surface area contributed by atoms with Crippen LogP contribution in [0.15, 0.2) is 48.0 Å². The number of anilines is 1. The van der Waals surface area contributed by atoms with Crippen LogP contribution in [0.2, 0.25) is 5.02 Å². The van der Waals surface area contributed by atoms with Crippen molar-refractivity contribution in [2.45, 2.75) is 0 Å². The van der Waals surface area contributed by atoms with Gasteiger partial charge < -0.3 is 10.1 Å². The Kier molecular flexibility index (Phi) is 3.62. The zero-order valence-electron chi connectivity index (χ0n) is 10.9. The molecular formula is C16H11ClFNO2. The summed E-state index contributed by atoms with van der Waals surface area (Å²) >= 11 is 5.92. The van der Waals surface area contributed by atoms with E-state index in [2.05, 4.69) is 5.32 Å². The van der Waals surface area contributed by atoms with E-state index in [9.17, 15) is 9.18 Å². The number of rotatable bonds is 2. The van der Waals surface area contributed by atoms with Crippen molar-refractivity contribution in [1.82, 2.24) is 0 Å². The number of amides is 1. The Labute approximate surface area is 126 Å². The molecule has 0 unspecified atom stereocenters. The van der Waals surface area contributed by atoms with Crippen LogP contribution in [-0.4, -0.2) is 12.5 Å². The molecule has 0 aliphatic carbocycles. The molecule has 0 saturated carbocycles. The van der Waals surface area contributed by atoms with Gasteiger partial charge in [0.05, 0.1) is 5.57 Å². The van der Waals surface area contributed by atoms with Gasteiger partial charge in [0.1, 0.15) is 18.2 Å². The first kappa shape index (κ1) is 13.6. The Morgan fingerprint density at radius 2 is 2.10 bits per heavy atom. The van der Waals surface area contributed by atoms with Gasteiger partial charge in [-0.1, -0.05) is 17.7 Å². The van der Waals surface area contributed by atoms with Gasteiger partial charge in [-0.2, -0.15) is 0 Å². The van der Waals surface area contributed by atoms with E-state index in [1.54, 1.807) is 30.3 Å². The summed E-state index contributed by atoms with van der Waals surface area (Å²) in [7, 11) is 0. The highest BCUT2D eigenvalue weighted by molar-refractivity contribution is 6.30. The fourth-order valence-electron chi connectivity index (χ4n) is 2.06. The third-order valence-electron chi connectivity index (χ3n) is 3.06. The topological polar surface area (TPSA) is 38.3 Å². The lowest BCUT2D eigenvalue weighted by Crippen LogP contribution is -2.21. The van der Waals surface area contributed by atoms with Crippen LogP contribution in [0.1, 0.15) is 5.56 Å². The lowest BCUT2D eigenvalue weighted by molar-refractivity contribution is -0.113. The van der Waals surface area contributed by atoms with Crippen LogP contribution in [0, 0.1) is 5.82 Å². The molecule has 106 valence electrons. The minimum absolute atomic E-state index is 0.162. The molecule has 21 heavy (non-hydrogen) atoms. The van der Waals surface area contributed by atoms with Crippen molar-refractivity contribution in [1.29, 1.82) is 0 Å². The first-order chi connectivity index (χ1) is 10.1. The molecule has 5 heteroatoms. The van der Waals surface area contributed by atoms with E-state index in [0.717, 1.165) is 5.56 Å². The molecule has 0 fully saturated rings. The summed E-state index contributed by atoms with van der Waals surface area (Å²) in [6, 6.07) is 10.9. The van der Waals surface area contributed by atoms with E-state index in [1.807, 2.05) is 0 Å². The maximum absolute atomic E-state index is 13.1. The van der Waals surface area contributed by atoms with Gasteiger partial charge in [0.25, 0.3) is 5.91 Å². The molecule has 1 aliphatic rings. The average molecular weight is 304 g/mol. The highest BCUT2D eigenvalue weighted by Crippen LogP contribution is 2.29. The minimum atomic E-state index is -0.404. The number of hydrogen-bond acceptors (Lipinski definition) is 2. The van der Waals surface area contributed by atoms with Crippen molar-refractivity contribution in [3.05, 3.63) is 64.4 Å². The molecule has 0 atom stereocenters. The first-order valence-corrected chi connectivity index (χ1v) is 6.69. The molecule has 0 bridgehead atoms. The van der Waals surface area contributed by atoms with Gasteiger partial charge >= 0.3 is 0 Å². The largest absolute Gasteiger partial charge is 0.488 e. The number of benzene rings is 2. The molecular weight excluding hydrogens is 293 g/mol. The minimum Gasteiger partial charge on any atom is -0.488 e. The maximum atomic E-state index is 13.1. The first-order valence-electron chi connectivity index (χ1n) is 6.32. The van der Waals surface area contributed by atoms with E-state index in [-0.39, 0.29) is 12.5 Å². The lowest BCUT2D eigenvalue weighted by Gasteiger charge is -2.17. The number of fused-ring (bicyclic) bond motifs is 1. The molecule has 1 heterocycles. The van der Waals surface area contributed by atoms with Crippen LogP contribution in [0.25, 0.3) is 6.08 Å². The molecule has 1 N–H and O–H groups in total. The summed E-state index contributed by atoms with van der Waals surface area (Å²) in [4.78, 5) is 12.2. The molecule has 1 amide bonds. The molecule has 0 radical (unpaired) electrons. The van der Waals surface area contributed by atoms with Crippen LogP contribution in [0.3, 0.4) is 0 Å². The number of carbonyl (C=O) groups excluding carboxylic acids is 1. The molecule has 0 aromatic heterocycles. The van der Waals surface area contributed by atoms with Gasteiger partial charge in [0, 0.05) is 16.3 Å². The van der Waals surface area contributed by atoms with Crippen LogP contribution in [0.4, 0.5) is 10.1 Å². The van der Waals surface area contributed by atoms with Gasteiger partial charge in [-0.25, -0.2) is 4.39 Å². The molecule has 2 aromatic carbocycles. The van der Waals surface area contributed by atoms with E-state index in [4.69, 9.17) is 16.3 Å². The average Bonchev–Trinajstić information content (AvgIpc) is 2.46. The second kappa shape index (κ2) is 5.58. The normalized spacial score (nSPS) is 13.0. The van der Waals surface area contributed by atoms with E-state index >= 15 is 0 Å². The van der Waals surface area contributed by atoms with Crippen molar-refractivity contribution in [2.75, 3.05) is 11.9 Å². The molecule has 2 aromatic rings. The summed E-state index contributed by atoms with van der Waals surface area (Å²) in [5.41, 5.74) is 1.60. The van der Waals surface area contributed by atoms with Gasteiger partial charge in [-0.3, -0.25) is 4.79 Å². The fourth-order valence-corrected chi connectivity index (χ4v) is 2.24. The second-order valence-corrected chi connectivity index (χ2v) is 5.04. The van der Waals surface area contributed by atoms with E-state index in [0.29, 0.717) is 22.0 Å². The Hall–Kier alpha value is -2.33. The van der Waals surface area contributed by atoms with Gasteiger partial charge in [-0.05, 0) is 42.5 Å². The summed E-state index contributed by atoms with van der Waals surface area (Å²) in [6.45, 7) is 0.162. The third kappa shape index (κ3) is 3.06. The summed E-state index contributed by atoms with van der Waals surface area (Å²) in [5, 5.41) is 3.21. The zero-order valence-corrected chi connectivity index (χ0v) is 11.7. The summed E-state index contributed by atoms with van der Waals surface area (Å²) < 4.78 is 18.6. The quantitative estimate of drug-likeness (QED) is 0.914. The highest BCUT2D eigenvalue weighted by atomic mass is 35.5. The SMILES string of the molecule is O=C(Nc1cccc(F)c1)C1=Cc2cc(Cl)ccc2OC1. The van der Waals surface area contributed by atoms with Crippen LogP contribution in [0.5, 0.6) is 5.75 Å². The summed E-state index contributed by atoms with van der Waals surface area (Å²) in [6.07, 6.45) is 1.72. The van der Waals surface area contributed by atoms with Crippen LogP contribution < -0.4 is 10.1 Å². The Balaban J connectivity index is 1.82. The number of carbonyl (C=O) groups is 1. The number of nitrogens with one attached hydrogen (secondary N) is 1. The number of halogens is 2. The Morgan fingerprint density at radius 3 is 2.90 bits per heavy atom. The predicted octanol–water partition coefficient (Wildman–Crippen LogP) is 3.89. The summed E-state index contributed by atoms with van der Waals surface area (Å²) in [5.74, 6) is -0.0493. The smallest absolute Gasteiger partial charge is 0.255 e. The van der Waals surface area contributed by atoms with Gasteiger partial charge in [0.2, 0.25) is 0 Å². The van der Waals surface area contributed by atoms with Gasteiger partial charge in [-0.15, -0.1) is 0 Å². The van der Waals surface area contributed by atoms with Crippen molar-refractivity contribution in [2.24, 2.45) is 0 Å².